The molecule has 1 aliphatic rings. The van der Waals surface area contributed by atoms with Crippen LogP contribution in [0, 0.1) is 10.1 Å². The zero-order chi connectivity index (χ0) is 17.1. The highest BCUT2D eigenvalue weighted by Gasteiger charge is 2.31. The number of rotatable bonds is 6. The van der Waals surface area contributed by atoms with Crippen LogP contribution in [0.5, 0.6) is 0 Å². The minimum Gasteiger partial charge on any atom is -0.390 e. The monoisotopic (exact) mass is 330 g/mol. The van der Waals surface area contributed by atoms with E-state index in [0.717, 1.165) is 13.0 Å². The van der Waals surface area contributed by atoms with Gasteiger partial charge in [0.25, 0.3) is 0 Å². The second kappa shape index (κ2) is 7.11. The van der Waals surface area contributed by atoms with Crippen molar-refractivity contribution in [3.05, 3.63) is 58.4 Å². The summed E-state index contributed by atoms with van der Waals surface area (Å²) in [6.45, 7) is 3.89. The Hall–Kier alpha value is -2.25. The van der Waals surface area contributed by atoms with E-state index in [2.05, 4.69) is 41.2 Å². The van der Waals surface area contributed by atoms with Gasteiger partial charge in [0.2, 0.25) is 0 Å². The molecule has 1 fully saturated rings. The first kappa shape index (κ1) is 16.6. The van der Waals surface area contributed by atoms with Crippen molar-refractivity contribution in [2.75, 3.05) is 13.1 Å². The lowest BCUT2D eigenvalue weighted by atomic mass is 9.97. The summed E-state index contributed by atoms with van der Waals surface area (Å²) < 4.78 is 1.43. The van der Waals surface area contributed by atoms with Crippen LogP contribution >= 0.6 is 0 Å². The first-order chi connectivity index (χ1) is 11.5. The van der Waals surface area contributed by atoms with Crippen molar-refractivity contribution in [2.24, 2.45) is 0 Å². The smallest absolute Gasteiger partial charge is 0.306 e. The number of hydrogen-bond acceptors (Lipinski definition) is 5. The van der Waals surface area contributed by atoms with Crippen molar-refractivity contribution < 1.29 is 10.0 Å². The summed E-state index contributed by atoms with van der Waals surface area (Å²) in [5, 5.41) is 24.9. The van der Waals surface area contributed by atoms with E-state index in [0.29, 0.717) is 18.5 Å². The van der Waals surface area contributed by atoms with Crippen LogP contribution in [0.3, 0.4) is 0 Å². The van der Waals surface area contributed by atoms with Crippen molar-refractivity contribution in [3.63, 3.8) is 0 Å². The molecule has 2 heterocycles. The Kier molecular flexibility index (Phi) is 4.92. The van der Waals surface area contributed by atoms with Crippen molar-refractivity contribution in [1.29, 1.82) is 0 Å². The van der Waals surface area contributed by atoms with Gasteiger partial charge in [0, 0.05) is 19.1 Å². The van der Waals surface area contributed by atoms with Gasteiger partial charge in [0.15, 0.2) is 0 Å². The molecule has 1 aliphatic heterocycles. The Morgan fingerprint density at radius 1 is 1.38 bits per heavy atom. The minimum atomic E-state index is -0.610. The van der Waals surface area contributed by atoms with Gasteiger partial charge >= 0.3 is 5.69 Å². The van der Waals surface area contributed by atoms with Crippen molar-refractivity contribution in [3.8, 4) is 0 Å². The Balaban J connectivity index is 1.56. The average Bonchev–Trinajstić information content (AvgIpc) is 3.16. The number of β-amino-alcohol motifs (C(OH)–C–C–N with tert-alkyl or cyclic N) is 1. The molecule has 2 aromatic rings. The van der Waals surface area contributed by atoms with Gasteiger partial charge in [-0.05, 0) is 24.8 Å². The predicted octanol–water partition coefficient (Wildman–Crippen LogP) is 2.03. The SMILES string of the molecule is C[C@@H]1C[C@H](c2ccccc2)CN1C[C@@H](O)Cn1cc([N+](=O)[O-])cn1. The highest BCUT2D eigenvalue weighted by molar-refractivity contribution is 5.22. The fraction of sp³-hybridized carbons (Fsp3) is 0.471. The molecule has 0 saturated carbocycles. The van der Waals surface area contributed by atoms with E-state index in [-0.39, 0.29) is 12.2 Å². The second-order valence-electron chi connectivity index (χ2n) is 6.48. The molecule has 7 heteroatoms. The van der Waals surface area contributed by atoms with Gasteiger partial charge in [-0.2, -0.15) is 5.10 Å². The van der Waals surface area contributed by atoms with Gasteiger partial charge in [0.1, 0.15) is 12.4 Å². The lowest BCUT2D eigenvalue weighted by molar-refractivity contribution is -0.385. The Bertz CT molecular complexity index is 688. The summed E-state index contributed by atoms with van der Waals surface area (Å²) in [6, 6.07) is 10.8. The molecule has 0 radical (unpaired) electrons. The topological polar surface area (TPSA) is 84.4 Å². The van der Waals surface area contributed by atoms with Crippen LogP contribution in [0.15, 0.2) is 42.7 Å². The molecule has 0 aliphatic carbocycles. The van der Waals surface area contributed by atoms with E-state index in [1.807, 2.05) is 6.07 Å². The van der Waals surface area contributed by atoms with Crippen molar-refractivity contribution >= 4 is 5.69 Å². The standard InChI is InChI=1S/C17H22N4O3/c1-13-7-15(14-5-3-2-4-6-14)9-19(13)11-17(22)12-20-10-16(8-18-20)21(23)24/h2-6,8,10,13,15,17,22H,7,9,11-12H2,1H3/t13-,15+,17-/m1/s1. The molecule has 1 aromatic heterocycles. The Morgan fingerprint density at radius 3 is 2.79 bits per heavy atom. The van der Waals surface area contributed by atoms with E-state index < -0.39 is 11.0 Å². The van der Waals surface area contributed by atoms with E-state index in [1.165, 1.54) is 22.6 Å². The van der Waals surface area contributed by atoms with Gasteiger partial charge in [-0.25, -0.2) is 0 Å². The van der Waals surface area contributed by atoms with Crippen LogP contribution in [0.4, 0.5) is 5.69 Å². The molecule has 3 atom stereocenters. The molecule has 1 aromatic carbocycles. The maximum atomic E-state index is 10.7. The highest BCUT2D eigenvalue weighted by Crippen LogP contribution is 2.31. The highest BCUT2D eigenvalue weighted by atomic mass is 16.6. The molecule has 0 spiro atoms. The van der Waals surface area contributed by atoms with Crippen molar-refractivity contribution in [2.45, 2.75) is 38.0 Å². The van der Waals surface area contributed by atoms with Gasteiger partial charge < -0.3 is 5.11 Å². The van der Waals surface area contributed by atoms with E-state index in [9.17, 15) is 15.2 Å². The van der Waals surface area contributed by atoms with Gasteiger partial charge in [-0.1, -0.05) is 30.3 Å². The average molecular weight is 330 g/mol. The van der Waals surface area contributed by atoms with Gasteiger partial charge in [-0.3, -0.25) is 19.7 Å². The summed E-state index contributed by atoms with van der Waals surface area (Å²) in [7, 11) is 0. The molecule has 128 valence electrons. The third-order valence-corrected chi connectivity index (χ3v) is 4.65. The third kappa shape index (κ3) is 3.80. The Labute approximate surface area is 140 Å². The first-order valence-corrected chi connectivity index (χ1v) is 8.17. The first-order valence-electron chi connectivity index (χ1n) is 8.17. The fourth-order valence-corrected chi connectivity index (χ4v) is 3.41. The van der Waals surface area contributed by atoms with E-state index in [4.69, 9.17) is 0 Å². The summed E-state index contributed by atoms with van der Waals surface area (Å²) >= 11 is 0. The van der Waals surface area contributed by atoms with Crippen LogP contribution < -0.4 is 0 Å². The predicted molar refractivity (Wildman–Crippen MR) is 89.7 cm³/mol. The maximum Gasteiger partial charge on any atom is 0.306 e. The number of aliphatic hydroxyl groups is 1. The largest absolute Gasteiger partial charge is 0.390 e. The number of hydrogen-bond donors (Lipinski definition) is 1. The summed E-state index contributed by atoms with van der Waals surface area (Å²) in [4.78, 5) is 12.5. The van der Waals surface area contributed by atoms with Gasteiger partial charge in [0.05, 0.1) is 17.6 Å². The number of benzene rings is 1. The number of nitrogens with zero attached hydrogens (tertiary/aromatic N) is 4. The normalized spacial score (nSPS) is 22.6. The van der Waals surface area contributed by atoms with Crippen LogP contribution in [-0.4, -0.2) is 49.9 Å². The lowest BCUT2D eigenvalue weighted by Gasteiger charge is -2.24. The summed E-state index contributed by atoms with van der Waals surface area (Å²) in [6.07, 6.45) is 3.02. The lowest BCUT2D eigenvalue weighted by Crippen LogP contribution is -2.37. The quantitative estimate of drug-likeness (QED) is 0.647. The molecule has 7 nitrogen and oxygen atoms in total. The molecule has 3 rings (SSSR count). The Morgan fingerprint density at radius 2 is 2.12 bits per heavy atom. The maximum absolute atomic E-state index is 10.7. The molecule has 1 saturated heterocycles. The molecule has 24 heavy (non-hydrogen) atoms. The minimum absolute atomic E-state index is 0.0547. The zero-order valence-electron chi connectivity index (χ0n) is 13.7. The van der Waals surface area contributed by atoms with Crippen LogP contribution in [-0.2, 0) is 6.54 Å². The zero-order valence-corrected chi connectivity index (χ0v) is 13.7. The molecular weight excluding hydrogens is 308 g/mol. The van der Waals surface area contributed by atoms with Crippen molar-refractivity contribution in [1.82, 2.24) is 14.7 Å². The van der Waals surface area contributed by atoms with E-state index >= 15 is 0 Å². The molecule has 1 N–H and O–H groups in total. The fourth-order valence-electron chi connectivity index (χ4n) is 3.41. The number of aromatic nitrogens is 2. The van der Waals surface area contributed by atoms with E-state index in [1.54, 1.807) is 0 Å². The molecular formula is C17H22N4O3. The molecule has 0 bridgehead atoms. The van der Waals surface area contributed by atoms with Crippen LogP contribution in [0.25, 0.3) is 0 Å². The third-order valence-electron chi connectivity index (χ3n) is 4.65. The van der Waals surface area contributed by atoms with Gasteiger partial charge in [-0.15, -0.1) is 0 Å². The second-order valence-corrected chi connectivity index (χ2v) is 6.48. The molecule has 0 amide bonds. The number of likely N-dealkylation sites (tertiary alicyclic amines) is 1. The molecule has 0 unspecified atom stereocenters. The van der Waals surface area contributed by atoms with Crippen LogP contribution in [0.2, 0.25) is 0 Å². The number of nitro groups is 1. The van der Waals surface area contributed by atoms with Crippen LogP contribution in [0.1, 0.15) is 24.8 Å². The summed E-state index contributed by atoms with van der Waals surface area (Å²) in [5.74, 6) is 0.485. The summed E-state index contributed by atoms with van der Waals surface area (Å²) in [5.41, 5.74) is 1.28. The number of aliphatic hydroxyl groups excluding tert-OH is 1.